The van der Waals surface area contributed by atoms with Crippen molar-refractivity contribution in [2.45, 2.75) is 26.7 Å². The summed E-state index contributed by atoms with van der Waals surface area (Å²) in [5.74, 6) is 0.856. The van der Waals surface area contributed by atoms with E-state index in [9.17, 15) is 0 Å². The Kier molecular flexibility index (Phi) is 4.40. The van der Waals surface area contributed by atoms with Gasteiger partial charge in [0, 0.05) is 5.56 Å². The summed E-state index contributed by atoms with van der Waals surface area (Å²) in [7, 11) is 0. The first kappa shape index (κ1) is 17.7. The number of hydrogen-bond donors (Lipinski definition) is 0. The maximum absolute atomic E-state index is 5.46. The maximum Gasteiger partial charge on any atom is 0.141 e. The molecule has 1 heterocycles. The zero-order chi connectivity index (χ0) is 19.8. The lowest BCUT2D eigenvalue weighted by Gasteiger charge is -2.14. The van der Waals surface area contributed by atoms with Crippen LogP contribution in [-0.4, -0.2) is 5.16 Å². The molecule has 142 valence electrons. The zero-order valence-electron chi connectivity index (χ0n) is 16.8. The molecule has 0 atom stereocenters. The SMILES string of the molecule is Cc1noc(C)c1-c1ccccc1C=C1c2ccccc2CCc2ccccc21. The van der Waals surface area contributed by atoms with Crippen LogP contribution >= 0.6 is 0 Å². The van der Waals surface area contributed by atoms with Crippen LogP contribution in [0.25, 0.3) is 22.8 Å². The van der Waals surface area contributed by atoms with Gasteiger partial charge in [0.25, 0.3) is 0 Å². The summed E-state index contributed by atoms with van der Waals surface area (Å²) < 4.78 is 5.46. The highest BCUT2D eigenvalue weighted by atomic mass is 16.5. The van der Waals surface area contributed by atoms with Gasteiger partial charge in [-0.05, 0) is 71.7 Å². The summed E-state index contributed by atoms with van der Waals surface area (Å²) in [6, 6.07) is 26.1. The molecule has 1 aliphatic carbocycles. The molecule has 29 heavy (non-hydrogen) atoms. The Morgan fingerprint density at radius 2 is 1.28 bits per heavy atom. The number of aromatic nitrogens is 1. The molecular weight excluding hydrogens is 354 g/mol. The van der Waals surface area contributed by atoms with Gasteiger partial charge < -0.3 is 4.52 Å². The summed E-state index contributed by atoms with van der Waals surface area (Å²) in [5.41, 5.74) is 11.1. The fraction of sp³-hybridized carbons (Fsp3) is 0.148. The van der Waals surface area contributed by atoms with Gasteiger partial charge in [0.05, 0.1) is 5.69 Å². The van der Waals surface area contributed by atoms with Gasteiger partial charge in [-0.15, -0.1) is 0 Å². The van der Waals surface area contributed by atoms with Gasteiger partial charge in [-0.25, -0.2) is 0 Å². The van der Waals surface area contributed by atoms with Crippen molar-refractivity contribution in [2.75, 3.05) is 0 Å². The molecule has 1 aromatic heterocycles. The van der Waals surface area contributed by atoms with Crippen molar-refractivity contribution in [2.24, 2.45) is 0 Å². The molecule has 3 aromatic carbocycles. The van der Waals surface area contributed by atoms with E-state index in [1.807, 2.05) is 13.8 Å². The number of nitrogens with zero attached hydrogens (tertiary/aromatic N) is 1. The Morgan fingerprint density at radius 1 is 0.724 bits per heavy atom. The molecule has 4 aromatic rings. The summed E-state index contributed by atoms with van der Waals surface area (Å²) in [6.45, 7) is 3.99. The van der Waals surface area contributed by atoms with Crippen molar-refractivity contribution in [1.29, 1.82) is 0 Å². The number of benzene rings is 3. The molecule has 0 fully saturated rings. The van der Waals surface area contributed by atoms with E-state index in [1.54, 1.807) is 0 Å². The third kappa shape index (κ3) is 3.11. The van der Waals surface area contributed by atoms with E-state index in [0.29, 0.717) is 0 Å². The monoisotopic (exact) mass is 377 g/mol. The Labute approximate surface area is 171 Å². The van der Waals surface area contributed by atoms with E-state index in [-0.39, 0.29) is 0 Å². The van der Waals surface area contributed by atoms with Crippen LogP contribution < -0.4 is 0 Å². The van der Waals surface area contributed by atoms with Crippen LogP contribution in [0.15, 0.2) is 77.3 Å². The summed E-state index contributed by atoms with van der Waals surface area (Å²) in [4.78, 5) is 0. The summed E-state index contributed by atoms with van der Waals surface area (Å²) in [5, 5.41) is 4.17. The van der Waals surface area contributed by atoms with Crippen LogP contribution in [0, 0.1) is 13.8 Å². The van der Waals surface area contributed by atoms with Gasteiger partial charge >= 0.3 is 0 Å². The maximum atomic E-state index is 5.46. The van der Waals surface area contributed by atoms with Crippen molar-refractivity contribution in [3.8, 4) is 11.1 Å². The highest BCUT2D eigenvalue weighted by Crippen LogP contribution is 2.37. The lowest BCUT2D eigenvalue weighted by atomic mass is 9.90. The molecule has 0 saturated heterocycles. The Bertz CT molecular complexity index is 1160. The van der Waals surface area contributed by atoms with Gasteiger partial charge in [0.1, 0.15) is 5.76 Å². The summed E-state index contributed by atoms with van der Waals surface area (Å²) >= 11 is 0. The second-order valence-corrected chi connectivity index (χ2v) is 7.66. The van der Waals surface area contributed by atoms with Crippen molar-refractivity contribution in [3.63, 3.8) is 0 Å². The quantitative estimate of drug-likeness (QED) is 0.391. The highest BCUT2D eigenvalue weighted by molar-refractivity contribution is 5.96. The van der Waals surface area contributed by atoms with Gasteiger partial charge in [-0.2, -0.15) is 0 Å². The van der Waals surface area contributed by atoms with E-state index in [4.69, 9.17) is 4.52 Å². The lowest BCUT2D eigenvalue weighted by molar-refractivity contribution is 0.393. The zero-order valence-corrected chi connectivity index (χ0v) is 16.8. The predicted molar refractivity (Wildman–Crippen MR) is 119 cm³/mol. The molecule has 5 rings (SSSR count). The van der Waals surface area contributed by atoms with E-state index in [1.165, 1.54) is 33.4 Å². The average molecular weight is 377 g/mol. The topological polar surface area (TPSA) is 26.0 Å². The fourth-order valence-corrected chi connectivity index (χ4v) is 4.45. The molecule has 0 saturated carbocycles. The van der Waals surface area contributed by atoms with E-state index < -0.39 is 0 Å². The van der Waals surface area contributed by atoms with Crippen molar-refractivity contribution in [3.05, 3.63) is 112 Å². The lowest BCUT2D eigenvalue weighted by Crippen LogP contribution is -1.93. The normalized spacial score (nSPS) is 12.8. The Balaban J connectivity index is 1.78. The molecule has 0 radical (unpaired) electrons. The molecule has 0 N–H and O–H groups in total. The molecule has 0 amide bonds. The van der Waals surface area contributed by atoms with Crippen LogP contribution in [0.3, 0.4) is 0 Å². The predicted octanol–water partition coefficient (Wildman–Crippen LogP) is 6.65. The van der Waals surface area contributed by atoms with Crippen LogP contribution in [0.4, 0.5) is 0 Å². The number of aryl methyl sites for hydroxylation is 4. The minimum absolute atomic E-state index is 0.856. The molecule has 0 aliphatic heterocycles. The van der Waals surface area contributed by atoms with E-state index in [0.717, 1.165) is 35.4 Å². The second-order valence-electron chi connectivity index (χ2n) is 7.66. The van der Waals surface area contributed by atoms with Gasteiger partial charge in [-0.3, -0.25) is 0 Å². The average Bonchev–Trinajstić information content (AvgIpc) is 3.00. The molecule has 1 aliphatic rings. The first-order chi connectivity index (χ1) is 14.2. The Morgan fingerprint density at radius 3 is 1.86 bits per heavy atom. The number of fused-ring (bicyclic) bond motifs is 2. The molecular formula is C27H23NO. The van der Waals surface area contributed by atoms with E-state index in [2.05, 4.69) is 84.0 Å². The summed E-state index contributed by atoms with van der Waals surface area (Å²) in [6.07, 6.45) is 4.47. The van der Waals surface area contributed by atoms with Crippen LogP contribution in [0.5, 0.6) is 0 Å². The standard InChI is InChI=1S/C27H23NO/c1-18-27(19(2)29-28-18)25-14-8-5-11-22(25)17-26-23-12-6-3-9-20(23)15-16-21-10-4-7-13-24(21)26/h3-14,17H,15-16H2,1-2H3. The third-order valence-corrected chi connectivity index (χ3v) is 5.84. The van der Waals surface area contributed by atoms with Crippen molar-refractivity contribution in [1.82, 2.24) is 5.16 Å². The van der Waals surface area contributed by atoms with Gasteiger partial charge in [-0.1, -0.05) is 78.0 Å². The van der Waals surface area contributed by atoms with Crippen molar-refractivity contribution < 1.29 is 4.52 Å². The van der Waals surface area contributed by atoms with Crippen LogP contribution in [-0.2, 0) is 12.8 Å². The number of rotatable bonds is 2. The molecule has 0 spiro atoms. The largest absolute Gasteiger partial charge is 0.361 e. The molecule has 2 nitrogen and oxygen atoms in total. The fourth-order valence-electron chi connectivity index (χ4n) is 4.45. The minimum atomic E-state index is 0.856. The van der Waals surface area contributed by atoms with Gasteiger partial charge in [0.15, 0.2) is 0 Å². The van der Waals surface area contributed by atoms with Crippen LogP contribution in [0.1, 0.15) is 39.3 Å². The van der Waals surface area contributed by atoms with Gasteiger partial charge in [0.2, 0.25) is 0 Å². The van der Waals surface area contributed by atoms with E-state index >= 15 is 0 Å². The third-order valence-electron chi connectivity index (χ3n) is 5.84. The van der Waals surface area contributed by atoms with Crippen LogP contribution in [0.2, 0.25) is 0 Å². The number of hydrogen-bond acceptors (Lipinski definition) is 2. The highest BCUT2D eigenvalue weighted by Gasteiger charge is 2.19. The molecule has 0 unspecified atom stereocenters. The minimum Gasteiger partial charge on any atom is -0.361 e. The smallest absolute Gasteiger partial charge is 0.141 e. The second kappa shape index (κ2) is 7.21. The first-order valence-electron chi connectivity index (χ1n) is 10.1. The first-order valence-corrected chi connectivity index (χ1v) is 10.1. The Hall–Kier alpha value is -3.39. The van der Waals surface area contributed by atoms with Crippen molar-refractivity contribution >= 4 is 11.6 Å². The molecule has 2 heteroatoms. The molecule has 0 bridgehead atoms.